The van der Waals surface area contributed by atoms with Gasteiger partial charge < -0.3 is 10.4 Å². The zero-order valence-electron chi connectivity index (χ0n) is 15.0. The van der Waals surface area contributed by atoms with E-state index in [1.165, 1.54) is 0 Å². The minimum Gasteiger partial charge on any atom is -0.481 e. The molecular weight excluding hydrogens is 385 g/mol. The Morgan fingerprint density at radius 3 is 2.63 bits per heavy atom. The fraction of sp³-hybridized carbons (Fsp3) is 0.250. The molecule has 1 aromatic heterocycles. The molecule has 0 fully saturated rings. The Hall–Kier alpha value is -2.37. The molecule has 0 amide bonds. The summed E-state index contributed by atoms with van der Waals surface area (Å²) >= 11 is 12.4. The first kappa shape index (κ1) is 19.4. The molecule has 0 atom stereocenters. The van der Waals surface area contributed by atoms with Crippen LogP contribution in [0.4, 0.5) is 11.5 Å². The largest absolute Gasteiger partial charge is 0.481 e. The van der Waals surface area contributed by atoms with Gasteiger partial charge in [-0.15, -0.1) is 0 Å². The Bertz CT molecular complexity index is 968. The molecule has 1 aromatic carbocycles. The lowest BCUT2D eigenvalue weighted by Crippen LogP contribution is -2.07. The SMILES string of the molecule is CCc1c(C)nc(C2=CC=C(Cl)C2)nc1Nc1ccc(CC(=O)O)cc1Cl. The number of carboxylic acid groups (broad SMARTS) is 1. The maximum absolute atomic E-state index is 10.9. The van der Waals surface area contributed by atoms with Crippen molar-refractivity contribution in [2.24, 2.45) is 0 Å². The molecule has 5 nitrogen and oxygen atoms in total. The van der Waals surface area contributed by atoms with E-state index in [1.807, 2.05) is 26.0 Å². The first-order valence-electron chi connectivity index (χ1n) is 8.57. The van der Waals surface area contributed by atoms with Gasteiger partial charge in [-0.3, -0.25) is 4.79 Å². The van der Waals surface area contributed by atoms with E-state index in [2.05, 4.69) is 10.3 Å². The molecule has 0 saturated carbocycles. The Morgan fingerprint density at radius 1 is 1.26 bits per heavy atom. The van der Waals surface area contributed by atoms with Gasteiger partial charge in [0.25, 0.3) is 0 Å². The maximum atomic E-state index is 10.9. The first-order valence-corrected chi connectivity index (χ1v) is 9.33. The molecule has 1 heterocycles. The topological polar surface area (TPSA) is 75.1 Å². The summed E-state index contributed by atoms with van der Waals surface area (Å²) in [5.74, 6) is 0.433. The van der Waals surface area contributed by atoms with Crippen LogP contribution < -0.4 is 5.32 Å². The van der Waals surface area contributed by atoms with Crippen LogP contribution in [-0.4, -0.2) is 21.0 Å². The van der Waals surface area contributed by atoms with Crippen LogP contribution in [0, 0.1) is 6.92 Å². The fourth-order valence-corrected chi connectivity index (χ4v) is 3.44. The number of carboxylic acids is 1. The minimum absolute atomic E-state index is 0.0705. The molecule has 0 spiro atoms. The predicted octanol–water partition coefficient (Wildman–Crippen LogP) is 5.28. The van der Waals surface area contributed by atoms with Crippen LogP contribution in [0.25, 0.3) is 5.57 Å². The molecule has 2 aromatic rings. The van der Waals surface area contributed by atoms with Crippen LogP contribution in [0.2, 0.25) is 5.02 Å². The van der Waals surface area contributed by atoms with Gasteiger partial charge in [0.2, 0.25) is 0 Å². The van der Waals surface area contributed by atoms with E-state index < -0.39 is 5.97 Å². The summed E-state index contributed by atoms with van der Waals surface area (Å²) in [5, 5.41) is 13.4. The number of aromatic nitrogens is 2. The number of rotatable bonds is 6. The lowest BCUT2D eigenvalue weighted by Gasteiger charge is -2.15. The molecule has 0 bridgehead atoms. The number of nitrogens with one attached hydrogen (secondary N) is 1. The standard InChI is InChI=1S/C20H19Cl2N3O2/c1-3-15-11(2)23-19(13-5-6-14(21)10-13)25-20(15)24-17-7-4-12(8-16(17)22)9-18(26)27/h4-8H,3,9-10H2,1-2H3,(H,26,27)(H,23,24,25). The monoisotopic (exact) mass is 403 g/mol. The zero-order chi connectivity index (χ0) is 19.6. The normalized spacial score (nSPS) is 13.3. The van der Waals surface area contributed by atoms with Crippen LogP contribution >= 0.6 is 23.2 Å². The van der Waals surface area contributed by atoms with Gasteiger partial charge in [-0.1, -0.05) is 42.3 Å². The van der Waals surface area contributed by atoms with Crippen LogP contribution in [-0.2, 0) is 17.6 Å². The molecule has 0 radical (unpaired) electrons. The number of nitrogens with zero attached hydrogens (tertiary/aromatic N) is 2. The Balaban J connectivity index is 1.94. The van der Waals surface area contributed by atoms with E-state index in [-0.39, 0.29) is 6.42 Å². The smallest absolute Gasteiger partial charge is 0.307 e. The highest BCUT2D eigenvalue weighted by atomic mass is 35.5. The van der Waals surface area contributed by atoms with Crippen molar-refractivity contribution in [2.75, 3.05) is 5.32 Å². The van der Waals surface area contributed by atoms with Crippen molar-refractivity contribution in [3.8, 4) is 0 Å². The van der Waals surface area contributed by atoms with Gasteiger partial charge in [0.15, 0.2) is 5.82 Å². The number of anilines is 2. The van der Waals surface area contributed by atoms with Gasteiger partial charge in [-0.25, -0.2) is 9.97 Å². The van der Waals surface area contributed by atoms with Crippen molar-refractivity contribution in [1.82, 2.24) is 9.97 Å². The number of hydrogen-bond donors (Lipinski definition) is 2. The molecular formula is C20H19Cl2N3O2. The minimum atomic E-state index is -0.895. The quantitative estimate of drug-likeness (QED) is 0.685. The molecule has 1 aliphatic rings. The average Bonchev–Trinajstić information content (AvgIpc) is 3.03. The third-order valence-electron chi connectivity index (χ3n) is 4.32. The summed E-state index contributed by atoms with van der Waals surface area (Å²) in [7, 11) is 0. The van der Waals surface area contributed by atoms with E-state index >= 15 is 0 Å². The van der Waals surface area contributed by atoms with Gasteiger partial charge in [0.1, 0.15) is 5.82 Å². The number of carbonyl (C=O) groups is 1. The third kappa shape index (κ3) is 4.49. The molecule has 3 rings (SSSR count). The lowest BCUT2D eigenvalue weighted by molar-refractivity contribution is -0.136. The molecule has 0 saturated heterocycles. The Kier molecular flexibility index (Phi) is 5.82. The number of aliphatic carboxylic acids is 1. The molecule has 0 unspecified atom stereocenters. The molecule has 140 valence electrons. The van der Waals surface area contributed by atoms with Gasteiger partial charge >= 0.3 is 5.97 Å². The van der Waals surface area contributed by atoms with Gasteiger partial charge in [-0.2, -0.15) is 0 Å². The van der Waals surface area contributed by atoms with Crippen LogP contribution in [0.5, 0.6) is 0 Å². The van der Waals surface area contributed by atoms with E-state index in [9.17, 15) is 4.79 Å². The van der Waals surface area contributed by atoms with Gasteiger partial charge in [0.05, 0.1) is 17.1 Å². The second kappa shape index (κ2) is 8.11. The molecule has 27 heavy (non-hydrogen) atoms. The number of halogens is 2. The third-order valence-corrected chi connectivity index (χ3v) is 4.89. The van der Waals surface area contributed by atoms with E-state index in [4.69, 9.17) is 33.3 Å². The average molecular weight is 404 g/mol. The number of hydrogen-bond acceptors (Lipinski definition) is 4. The van der Waals surface area contributed by atoms with E-state index in [0.29, 0.717) is 34.3 Å². The molecule has 7 heteroatoms. The molecule has 0 aliphatic heterocycles. The highest BCUT2D eigenvalue weighted by Crippen LogP contribution is 2.32. The van der Waals surface area contributed by atoms with E-state index in [1.54, 1.807) is 18.2 Å². The summed E-state index contributed by atoms with van der Waals surface area (Å²) in [5.41, 5.74) is 4.18. The van der Waals surface area contributed by atoms with Crippen molar-refractivity contribution >= 4 is 46.2 Å². The lowest BCUT2D eigenvalue weighted by atomic mass is 10.1. The number of benzene rings is 1. The zero-order valence-corrected chi connectivity index (χ0v) is 16.5. The first-order chi connectivity index (χ1) is 12.9. The summed E-state index contributed by atoms with van der Waals surface area (Å²) in [6.07, 6.45) is 5.10. The van der Waals surface area contributed by atoms with Gasteiger partial charge in [0, 0.05) is 28.3 Å². The van der Waals surface area contributed by atoms with Crippen LogP contribution in [0.3, 0.4) is 0 Å². The van der Waals surface area contributed by atoms with Crippen LogP contribution in [0.1, 0.15) is 36.0 Å². The van der Waals surface area contributed by atoms with Crippen molar-refractivity contribution in [3.05, 3.63) is 63.1 Å². The van der Waals surface area contributed by atoms with Crippen molar-refractivity contribution < 1.29 is 9.90 Å². The van der Waals surface area contributed by atoms with Gasteiger partial charge in [-0.05, 0) is 37.1 Å². The number of allylic oxidation sites excluding steroid dienone is 4. The van der Waals surface area contributed by atoms with Crippen molar-refractivity contribution in [1.29, 1.82) is 0 Å². The van der Waals surface area contributed by atoms with Crippen molar-refractivity contribution in [2.45, 2.75) is 33.1 Å². The Labute approximate surface area is 167 Å². The maximum Gasteiger partial charge on any atom is 0.307 e. The summed E-state index contributed by atoms with van der Waals surface area (Å²) in [6.45, 7) is 4.00. The Morgan fingerprint density at radius 2 is 2.04 bits per heavy atom. The van der Waals surface area contributed by atoms with E-state index in [0.717, 1.165) is 28.3 Å². The highest BCUT2D eigenvalue weighted by Gasteiger charge is 2.17. The summed E-state index contributed by atoms with van der Waals surface area (Å²) < 4.78 is 0. The fourth-order valence-electron chi connectivity index (χ4n) is 2.98. The second-order valence-corrected chi connectivity index (χ2v) is 7.20. The molecule has 2 N–H and O–H groups in total. The van der Waals surface area contributed by atoms with Crippen LogP contribution in [0.15, 0.2) is 35.4 Å². The number of aryl methyl sites for hydroxylation is 1. The second-order valence-electron chi connectivity index (χ2n) is 6.31. The summed E-state index contributed by atoms with van der Waals surface area (Å²) in [4.78, 5) is 20.2. The molecule has 1 aliphatic carbocycles. The highest BCUT2D eigenvalue weighted by molar-refractivity contribution is 6.33. The summed E-state index contributed by atoms with van der Waals surface area (Å²) in [6, 6.07) is 5.16. The predicted molar refractivity (Wildman–Crippen MR) is 109 cm³/mol. The van der Waals surface area contributed by atoms with Crippen molar-refractivity contribution in [3.63, 3.8) is 0 Å².